The standard InChI is InChI=1S/C16H19Cl2NO2/c1-15(10-16(15,17)18)14(20)19(12-5-6-12)9-11-3-7-13(21-2)8-4-11/h3-4,7-8,12H,5-6,9-10H2,1-2H3. The predicted molar refractivity (Wildman–Crippen MR) is 83.7 cm³/mol. The molecule has 0 radical (unpaired) electrons. The maximum Gasteiger partial charge on any atom is 0.232 e. The second-order valence-electron chi connectivity index (χ2n) is 6.23. The smallest absolute Gasteiger partial charge is 0.232 e. The van der Waals surface area contributed by atoms with Crippen molar-refractivity contribution < 1.29 is 9.53 Å². The topological polar surface area (TPSA) is 29.5 Å². The highest BCUT2D eigenvalue weighted by molar-refractivity contribution is 6.53. The van der Waals surface area contributed by atoms with E-state index in [1.54, 1.807) is 7.11 Å². The van der Waals surface area contributed by atoms with Crippen LogP contribution in [0, 0.1) is 5.41 Å². The van der Waals surface area contributed by atoms with Crippen molar-refractivity contribution in [2.24, 2.45) is 5.41 Å². The van der Waals surface area contributed by atoms with Gasteiger partial charge in [-0.05, 0) is 43.9 Å². The monoisotopic (exact) mass is 327 g/mol. The van der Waals surface area contributed by atoms with Crippen LogP contribution in [-0.2, 0) is 11.3 Å². The maximum atomic E-state index is 12.8. The van der Waals surface area contributed by atoms with Crippen molar-refractivity contribution in [2.45, 2.75) is 43.1 Å². The van der Waals surface area contributed by atoms with Crippen molar-refractivity contribution >= 4 is 29.1 Å². The molecule has 0 bridgehead atoms. The van der Waals surface area contributed by atoms with Gasteiger partial charge < -0.3 is 9.64 Å². The molecule has 1 unspecified atom stereocenters. The van der Waals surface area contributed by atoms with E-state index in [1.807, 2.05) is 36.1 Å². The Labute approximate surface area is 135 Å². The third kappa shape index (κ3) is 2.74. The average Bonchev–Trinajstić information content (AvgIpc) is 3.35. The van der Waals surface area contributed by atoms with E-state index in [1.165, 1.54) is 0 Å². The van der Waals surface area contributed by atoms with Gasteiger partial charge in [0.05, 0.1) is 12.5 Å². The van der Waals surface area contributed by atoms with Crippen molar-refractivity contribution in [3.63, 3.8) is 0 Å². The number of ether oxygens (including phenoxy) is 1. The quantitative estimate of drug-likeness (QED) is 0.770. The van der Waals surface area contributed by atoms with Gasteiger partial charge in [-0.25, -0.2) is 0 Å². The van der Waals surface area contributed by atoms with Crippen LogP contribution in [0.3, 0.4) is 0 Å². The van der Waals surface area contributed by atoms with E-state index < -0.39 is 9.75 Å². The molecule has 1 amide bonds. The molecule has 0 aromatic heterocycles. The SMILES string of the molecule is COc1ccc(CN(C(=O)C2(C)CC2(Cl)Cl)C2CC2)cc1. The van der Waals surface area contributed by atoms with E-state index >= 15 is 0 Å². The fourth-order valence-corrected chi connectivity index (χ4v) is 3.33. The van der Waals surface area contributed by atoms with Gasteiger partial charge in [-0.2, -0.15) is 0 Å². The van der Waals surface area contributed by atoms with Gasteiger partial charge in [0.1, 0.15) is 10.1 Å². The summed E-state index contributed by atoms with van der Waals surface area (Å²) in [6, 6.07) is 8.14. The summed E-state index contributed by atoms with van der Waals surface area (Å²) < 4.78 is 4.25. The summed E-state index contributed by atoms with van der Waals surface area (Å²) in [5.41, 5.74) is 0.459. The van der Waals surface area contributed by atoms with Gasteiger partial charge in [0.2, 0.25) is 5.91 Å². The molecule has 0 aliphatic heterocycles. The van der Waals surface area contributed by atoms with Crippen molar-refractivity contribution in [3.05, 3.63) is 29.8 Å². The van der Waals surface area contributed by atoms with E-state index in [0.717, 1.165) is 24.2 Å². The number of carbonyl (C=O) groups is 1. The number of hydrogen-bond acceptors (Lipinski definition) is 2. The van der Waals surface area contributed by atoms with E-state index in [2.05, 4.69) is 0 Å². The molecule has 2 aliphatic rings. The van der Waals surface area contributed by atoms with Crippen LogP contribution >= 0.6 is 23.2 Å². The van der Waals surface area contributed by atoms with Gasteiger partial charge in [-0.3, -0.25) is 4.79 Å². The van der Waals surface area contributed by atoms with E-state index in [-0.39, 0.29) is 5.91 Å². The summed E-state index contributed by atoms with van der Waals surface area (Å²) in [5, 5.41) is 0. The number of rotatable bonds is 5. The number of hydrogen-bond donors (Lipinski definition) is 0. The zero-order chi connectivity index (χ0) is 15.3. The van der Waals surface area contributed by atoms with Gasteiger partial charge in [-0.1, -0.05) is 12.1 Å². The first-order valence-corrected chi connectivity index (χ1v) is 7.95. The lowest BCUT2D eigenvalue weighted by Crippen LogP contribution is -2.39. The number of nitrogens with zero attached hydrogens (tertiary/aromatic N) is 1. The molecule has 1 atom stereocenters. The van der Waals surface area contributed by atoms with Gasteiger partial charge in [0, 0.05) is 12.6 Å². The lowest BCUT2D eigenvalue weighted by molar-refractivity contribution is -0.137. The molecule has 5 heteroatoms. The summed E-state index contributed by atoms with van der Waals surface area (Å²) in [6.45, 7) is 2.46. The molecule has 3 rings (SSSR count). The van der Waals surface area contributed by atoms with Gasteiger partial charge >= 0.3 is 0 Å². The van der Waals surface area contributed by atoms with Crippen LogP contribution in [0.15, 0.2) is 24.3 Å². The minimum Gasteiger partial charge on any atom is -0.497 e. The molecule has 114 valence electrons. The molecule has 1 aromatic carbocycles. The fraction of sp³-hybridized carbons (Fsp3) is 0.562. The average molecular weight is 328 g/mol. The van der Waals surface area contributed by atoms with Crippen LogP contribution < -0.4 is 4.74 Å². The molecule has 2 saturated carbocycles. The molecule has 0 heterocycles. The Morgan fingerprint density at radius 3 is 2.33 bits per heavy atom. The number of halogens is 2. The third-order valence-corrected chi connectivity index (χ3v) is 5.59. The Morgan fingerprint density at radius 1 is 1.33 bits per heavy atom. The molecule has 21 heavy (non-hydrogen) atoms. The number of amides is 1. The summed E-state index contributed by atoms with van der Waals surface area (Å²) in [7, 11) is 1.64. The Balaban J connectivity index is 1.75. The van der Waals surface area contributed by atoms with Gasteiger partial charge in [-0.15, -0.1) is 23.2 Å². The minimum atomic E-state index is -0.906. The normalized spacial score (nSPS) is 26.3. The first-order valence-electron chi connectivity index (χ1n) is 7.19. The Bertz CT molecular complexity index is 554. The first-order chi connectivity index (χ1) is 9.87. The van der Waals surface area contributed by atoms with Crippen LogP contribution in [-0.4, -0.2) is 28.3 Å². The van der Waals surface area contributed by atoms with Crippen LogP contribution in [0.25, 0.3) is 0 Å². The molecule has 0 saturated heterocycles. The second kappa shape index (κ2) is 5.06. The molecular formula is C16H19Cl2NO2. The lowest BCUT2D eigenvalue weighted by atomic mass is 10.1. The number of methoxy groups -OCH3 is 1. The van der Waals surface area contributed by atoms with Crippen molar-refractivity contribution in [2.75, 3.05) is 7.11 Å². The highest BCUT2D eigenvalue weighted by atomic mass is 35.5. The Hall–Kier alpha value is -0.930. The van der Waals surface area contributed by atoms with Gasteiger partial charge in [0.25, 0.3) is 0 Å². The molecule has 2 aliphatic carbocycles. The molecule has 1 aromatic rings. The molecular weight excluding hydrogens is 309 g/mol. The minimum absolute atomic E-state index is 0.0748. The Kier molecular flexibility index (Phi) is 3.61. The van der Waals surface area contributed by atoms with Crippen LogP contribution in [0.4, 0.5) is 0 Å². The predicted octanol–water partition coefficient (Wildman–Crippen LogP) is 3.77. The Morgan fingerprint density at radius 2 is 1.90 bits per heavy atom. The highest BCUT2D eigenvalue weighted by Gasteiger charge is 2.69. The lowest BCUT2D eigenvalue weighted by Gasteiger charge is -2.26. The molecule has 3 nitrogen and oxygen atoms in total. The van der Waals surface area contributed by atoms with Crippen LogP contribution in [0.2, 0.25) is 0 Å². The summed E-state index contributed by atoms with van der Waals surface area (Å²) in [5.74, 6) is 0.892. The van der Waals surface area contributed by atoms with Crippen molar-refractivity contribution in [1.82, 2.24) is 4.90 Å². The number of carbonyl (C=O) groups excluding carboxylic acids is 1. The van der Waals surface area contributed by atoms with E-state index in [9.17, 15) is 4.79 Å². The molecule has 0 spiro atoms. The summed E-state index contributed by atoms with van der Waals surface area (Å²) in [4.78, 5) is 14.7. The molecule has 0 N–H and O–H groups in total. The zero-order valence-electron chi connectivity index (χ0n) is 12.2. The number of alkyl halides is 2. The van der Waals surface area contributed by atoms with Crippen LogP contribution in [0.5, 0.6) is 5.75 Å². The summed E-state index contributed by atoms with van der Waals surface area (Å²) >= 11 is 12.3. The van der Waals surface area contributed by atoms with Crippen molar-refractivity contribution in [3.8, 4) is 5.75 Å². The first kappa shape index (κ1) is 15.0. The second-order valence-corrected chi connectivity index (χ2v) is 7.71. The van der Waals surface area contributed by atoms with Gasteiger partial charge in [0.15, 0.2) is 0 Å². The highest BCUT2D eigenvalue weighted by Crippen LogP contribution is 2.65. The fourth-order valence-electron chi connectivity index (χ4n) is 2.63. The third-order valence-electron chi connectivity index (χ3n) is 4.49. The van der Waals surface area contributed by atoms with Crippen LogP contribution in [0.1, 0.15) is 31.7 Å². The molecule has 2 fully saturated rings. The zero-order valence-corrected chi connectivity index (χ0v) is 13.7. The maximum absolute atomic E-state index is 12.8. The van der Waals surface area contributed by atoms with E-state index in [4.69, 9.17) is 27.9 Å². The van der Waals surface area contributed by atoms with E-state index in [0.29, 0.717) is 19.0 Å². The number of benzene rings is 1. The largest absolute Gasteiger partial charge is 0.497 e. The summed E-state index contributed by atoms with van der Waals surface area (Å²) in [6.07, 6.45) is 2.67. The van der Waals surface area contributed by atoms with Crippen molar-refractivity contribution in [1.29, 1.82) is 0 Å².